The molecule has 1 aliphatic rings. The topological polar surface area (TPSA) is 64.0 Å². The normalized spacial score (nSPS) is 12.7. The summed E-state index contributed by atoms with van der Waals surface area (Å²) in [5, 5.41) is 3.59. The van der Waals surface area contributed by atoms with E-state index in [2.05, 4.69) is 22.4 Å². The van der Waals surface area contributed by atoms with E-state index in [9.17, 15) is 9.59 Å². The number of anilines is 1. The molecule has 0 spiro atoms. The van der Waals surface area contributed by atoms with E-state index in [4.69, 9.17) is 0 Å². The minimum atomic E-state index is -0.209. The largest absolute Gasteiger partial charge is 0.322 e. The van der Waals surface area contributed by atoms with Gasteiger partial charge in [0.25, 0.3) is 11.5 Å². The molecule has 1 N–H and O–H groups in total. The number of rotatable bonds is 4. The van der Waals surface area contributed by atoms with E-state index in [1.165, 1.54) is 5.56 Å². The second kappa shape index (κ2) is 7.59. The van der Waals surface area contributed by atoms with E-state index in [-0.39, 0.29) is 11.5 Å². The van der Waals surface area contributed by atoms with Crippen molar-refractivity contribution >= 4 is 22.5 Å². The van der Waals surface area contributed by atoms with Crippen LogP contribution >= 0.6 is 0 Å². The van der Waals surface area contributed by atoms with Crippen LogP contribution in [0, 0.1) is 0 Å². The predicted octanol–water partition coefficient (Wildman–Crippen LogP) is 4.19. The van der Waals surface area contributed by atoms with Gasteiger partial charge in [-0.1, -0.05) is 48.5 Å². The molecule has 0 saturated carbocycles. The summed E-state index contributed by atoms with van der Waals surface area (Å²) in [6, 6.07) is 23.1. The second-order valence-corrected chi connectivity index (χ2v) is 7.59. The lowest BCUT2D eigenvalue weighted by Crippen LogP contribution is -2.21. The quantitative estimate of drug-likeness (QED) is 0.564. The molecule has 0 bridgehead atoms. The van der Waals surface area contributed by atoms with Crippen LogP contribution in [0.15, 0.2) is 77.6 Å². The van der Waals surface area contributed by atoms with E-state index >= 15 is 0 Å². The number of amides is 1. The molecule has 0 unspecified atom stereocenters. The Morgan fingerprint density at radius 3 is 2.67 bits per heavy atom. The van der Waals surface area contributed by atoms with Crippen LogP contribution in [0.4, 0.5) is 5.69 Å². The highest BCUT2D eigenvalue weighted by molar-refractivity contribution is 6.06. The summed E-state index contributed by atoms with van der Waals surface area (Å²) in [6.45, 7) is 0.720. The molecule has 5 heteroatoms. The van der Waals surface area contributed by atoms with Gasteiger partial charge in [-0.15, -0.1) is 0 Å². The summed E-state index contributed by atoms with van der Waals surface area (Å²) >= 11 is 0. The van der Waals surface area contributed by atoms with Crippen molar-refractivity contribution in [3.63, 3.8) is 0 Å². The molecule has 0 saturated heterocycles. The van der Waals surface area contributed by atoms with Crippen molar-refractivity contribution in [2.45, 2.75) is 25.8 Å². The molecular formula is C25H21N3O2. The fourth-order valence-electron chi connectivity index (χ4n) is 4.03. The number of hydrogen-bond acceptors (Lipinski definition) is 3. The molecule has 5 rings (SSSR count). The maximum atomic E-state index is 13.0. The van der Waals surface area contributed by atoms with Gasteiger partial charge in [0.15, 0.2) is 0 Å². The molecule has 5 nitrogen and oxygen atoms in total. The van der Waals surface area contributed by atoms with Gasteiger partial charge in [-0.05, 0) is 48.2 Å². The summed E-state index contributed by atoms with van der Waals surface area (Å²) in [5.41, 5.74) is 4.07. The number of para-hydroxylation sites is 1. The summed E-state index contributed by atoms with van der Waals surface area (Å²) < 4.78 is 1.74. The third kappa shape index (κ3) is 3.39. The first kappa shape index (κ1) is 18.3. The Balaban J connectivity index is 1.44. The lowest BCUT2D eigenvalue weighted by atomic mass is 10.0. The monoisotopic (exact) mass is 395 g/mol. The molecule has 0 fully saturated rings. The highest BCUT2D eigenvalue weighted by Crippen LogP contribution is 2.21. The van der Waals surface area contributed by atoms with Gasteiger partial charge < -0.3 is 5.32 Å². The molecular weight excluding hydrogens is 374 g/mol. The lowest BCUT2D eigenvalue weighted by Gasteiger charge is -2.12. The van der Waals surface area contributed by atoms with Crippen LogP contribution in [0.5, 0.6) is 0 Å². The Kier molecular flexibility index (Phi) is 4.64. The minimum absolute atomic E-state index is 0.0207. The molecule has 4 aromatic rings. The fraction of sp³-hybridized carbons (Fsp3) is 0.160. The van der Waals surface area contributed by atoms with Crippen LogP contribution in [0.3, 0.4) is 0 Å². The molecule has 30 heavy (non-hydrogen) atoms. The van der Waals surface area contributed by atoms with Crippen molar-refractivity contribution < 1.29 is 4.79 Å². The zero-order valence-electron chi connectivity index (χ0n) is 16.5. The second-order valence-electron chi connectivity index (χ2n) is 7.59. The van der Waals surface area contributed by atoms with Crippen LogP contribution in [0.25, 0.3) is 10.9 Å². The Hall–Kier alpha value is -3.73. The average Bonchev–Trinajstić information content (AvgIpc) is 3.24. The first-order valence-electron chi connectivity index (χ1n) is 10.2. The lowest BCUT2D eigenvalue weighted by molar-refractivity contribution is 0.102. The van der Waals surface area contributed by atoms with Crippen LogP contribution in [-0.4, -0.2) is 15.5 Å². The van der Waals surface area contributed by atoms with Gasteiger partial charge in [0.2, 0.25) is 0 Å². The molecule has 1 aliphatic heterocycles. The van der Waals surface area contributed by atoms with Crippen molar-refractivity contribution in [3.05, 3.63) is 106 Å². The van der Waals surface area contributed by atoms with E-state index in [0.717, 1.165) is 42.9 Å². The van der Waals surface area contributed by atoms with Crippen LogP contribution < -0.4 is 10.9 Å². The molecule has 3 aromatic carbocycles. The van der Waals surface area contributed by atoms with Gasteiger partial charge in [0.05, 0.1) is 10.9 Å². The molecule has 2 heterocycles. The van der Waals surface area contributed by atoms with E-state index in [1.54, 1.807) is 22.8 Å². The Bertz CT molecular complexity index is 1310. The third-order valence-electron chi connectivity index (χ3n) is 5.58. The predicted molar refractivity (Wildman–Crippen MR) is 118 cm³/mol. The maximum Gasteiger partial charge on any atom is 0.261 e. The summed E-state index contributed by atoms with van der Waals surface area (Å²) in [7, 11) is 0. The fourth-order valence-corrected chi connectivity index (χ4v) is 4.03. The molecule has 0 atom stereocenters. The van der Waals surface area contributed by atoms with Crippen molar-refractivity contribution in [2.75, 3.05) is 5.32 Å². The average molecular weight is 395 g/mol. The van der Waals surface area contributed by atoms with E-state index in [0.29, 0.717) is 16.5 Å². The van der Waals surface area contributed by atoms with Crippen molar-refractivity contribution in [1.29, 1.82) is 0 Å². The summed E-state index contributed by atoms with van der Waals surface area (Å²) in [6.07, 6.45) is 2.47. The maximum absolute atomic E-state index is 13.0. The number of carbonyl (C=O) groups excluding carboxylic acids is 1. The van der Waals surface area contributed by atoms with Gasteiger partial charge in [-0.25, -0.2) is 4.98 Å². The number of benzene rings is 3. The number of nitrogens with one attached hydrogen (secondary N) is 1. The summed E-state index contributed by atoms with van der Waals surface area (Å²) in [5.74, 6) is 0.595. The Morgan fingerprint density at radius 1 is 1.00 bits per heavy atom. The molecule has 1 aromatic heterocycles. The molecule has 0 radical (unpaired) electrons. The minimum Gasteiger partial charge on any atom is -0.322 e. The Morgan fingerprint density at radius 2 is 1.80 bits per heavy atom. The zero-order chi connectivity index (χ0) is 20.5. The number of nitrogens with zero attached hydrogens (tertiary/aromatic N) is 2. The number of carbonyl (C=O) groups is 1. The zero-order valence-corrected chi connectivity index (χ0v) is 16.5. The molecule has 1 amide bonds. The van der Waals surface area contributed by atoms with Crippen LogP contribution in [0.1, 0.15) is 33.7 Å². The van der Waals surface area contributed by atoms with E-state index < -0.39 is 0 Å². The van der Waals surface area contributed by atoms with E-state index in [1.807, 2.05) is 42.5 Å². The SMILES string of the molecule is O=C(Nc1ccccc1Cc1ccccc1)c1ccc2c(=O)n3c(nc2c1)CCC3. The van der Waals surface area contributed by atoms with Crippen molar-refractivity contribution in [3.8, 4) is 0 Å². The first-order valence-corrected chi connectivity index (χ1v) is 10.2. The van der Waals surface area contributed by atoms with Gasteiger partial charge in [-0.2, -0.15) is 0 Å². The molecule has 148 valence electrons. The number of aryl methyl sites for hydroxylation is 1. The number of fused-ring (bicyclic) bond motifs is 2. The molecule has 0 aliphatic carbocycles. The number of hydrogen-bond donors (Lipinski definition) is 1. The van der Waals surface area contributed by atoms with Crippen LogP contribution in [0.2, 0.25) is 0 Å². The van der Waals surface area contributed by atoms with Gasteiger partial charge in [-0.3, -0.25) is 14.2 Å². The van der Waals surface area contributed by atoms with Crippen molar-refractivity contribution in [1.82, 2.24) is 9.55 Å². The van der Waals surface area contributed by atoms with Gasteiger partial charge in [0, 0.05) is 24.2 Å². The summed E-state index contributed by atoms with van der Waals surface area (Å²) in [4.78, 5) is 30.2. The van der Waals surface area contributed by atoms with Gasteiger partial charge >= 0.3 is 0 Å². The highest BCUT2D eigenvalue weighted by Gasteiger charge is 2.17. The van der Waals surface area contributed by atoms with Gasteiger partial charge in [0.1, 0.15) is 5.82 Å². The van der Waals surface area contributed by atoms with Crippen molar-refractivity contribution in [2.24, 2.45) is 0 Å². The third-order valence-corrected chi connectivity index (χ3v) is 5.58. The standard InChI is InChI=1S/C25H21N3O2/c29-24(27-21-10-5-4-9-18(21)15-17-7-2-1-3-8-17)19-12-13-20-22(16-19)26-23-11-6-14-28(23)25(20)30/h1-5,7-10,12-13,16H,6,11,14-15H2,(H,27,29). The Labute approximate surface area is 174 Å². The highest BCUT2D eigenvalue weighted by atomic mass is 16.1. The number of aromatic nitrogens is 2. The van der Waals surface area contributed by atoms with Crippen LogP contribution in [-0.2, 0) is 19.4 Å². The first-order chi connectivity index (χ1) is 14.7. The smallest absolute Gasteiger partial charge is 0.261 e.